The zero-order valence-electron chi connectivity index (χ0n) is 12.3. The van der Waals surface area contributed by atoms with Crippen molar-refractivity contribution in [2.45, 2.75) is 18.9 Å². The van der Waals surface area contributed by atoms with Gasteiger partial charge in [0.2, 0.25) is 5.91 Å². The summed E-state index contributed by atoms with van der Waals surface area (Å²) in [6.07, 6.45) is 2.83. The summed E-state index contributed by atoms with van der Waals surface area (Å²) >= 11 is 0. The molecule has 1 aliphatic rings. The van der Waals surface area contributed by atoms with Crippen LogP contribution >= 0.6 is 24.8 Å². The molecule has 1 atom stereocenters. The fourth-order valence-corrected chi connectivity index (χ4v) is 2.57. The zero-order chi connectivity index (χ0) is 14.8. The maximum atomic E-state index is 12.9. The maximum absolute atomic E-state index is 12.9. The topological polar surface area (TPSA) is 59.2 Å². The van der Waals surface area contributed by atoms with Gasteiger partial charge in [-0.2, -0.15) is 0 Å². The number of carbonyl (C=O) groups excluding carboxylic acids is 1. The minimum absolute atomic E-state index is 0. The number of aromatic nitrogens is 1. The number of hydrogen-bond donors (Lipinski definition) is 1. The molecular formula is C16H18Cl2FN3O. The van der Waals surface area contributed by atoms with E-state index < -0.39 is 6.04 Å². The van der Waals surface area contributed by atoms with Crippen LogP contribution in [0.4, 0.5) is 10.1 Å². The van der Waals surface area contributed by atoms with Crippen LogP contribution in [-0.2, 0) is 17.6 Å². The Morgan fingerprint density at radius 1 is 1.22 bits per heavy atom. The first-order valence-corrected chi connectivity index (χ1v) is 6.90. The van der Waals surface area contributed by atoms with Crippen molar-refractivity contribution in [2.75, 3.05) is 11.4 Å². The number of halogens is 3. The predicted molar refractivity (Wildman–Crippen MR) is 92.9 cm³/mol. The van der Waals surface area contributed by atoms with Crippen LogP contribution < -0.4 is 10.6 Å². The van der Waals surface area contributed by atoms with E-state index in [-0.39, 0.29) is 36.5 Å². The maximum Gasteiger partial charge on any atom is 0.244 e. The van der Waals surface area contributed by atoms with Crippen molar-refractivity contribution in [3.05, 3.63) is 59.7 Å². The highest BCUT2D eigenvalue weighted by molar-refractivity contribution is 5.99. The highest BCUT2D eigenvalue weighted by atomic mass is 35.5. The summed E-state index contributed by atoms with van der Waals surface area (Å²) in [7, 11) is 0. The highest BCUT2D eigenvalue weighted by Crippen LogP contribution is 2.25. The Kier molecular flexibility index (Phi) is 6.94. The van der Waals surface area contributed by atoms with Gasteiger partial charge in [-0.1, -0.05) is 12.1 Å². The molecule has 2 aromatic rings. The first-order chi connectivity index (χ1) is 10.1. The van der Waals surface area contributed by atoms with Crippen LogP contribution in [0.25, 0.3) is 0 Å². The molecular weight excluding hydrogens is 340 g/mol. The second kappa shape index (κ2) is 8.24. The summed E-state index contributed by atoms with van der Waals surface area (Å²) in [5, 5.41) is 0. The van der Waals surface area contributed by atoms with E-state index in [1.54, 1.807) is 23.2 Å². The minimum Gasteiger partial charge on any atom is -0.320 e. The van der Waals surface area contributed by atoms with E-state index in [9.17, 15) is 9.18 Å². The predicted octanol–water partition coefficient (Wildman–Crippen LogP) is 2.52. The van der Waals surface area contributed by atoms with Crippen LogP contribution in [-0.4, -0.2) is 23.5 Å². The Hall–Kier alpha value is -1.69. The molecule has 1 aliphatic heterocycles. The number of fused-ring (bicyclic) bond motifs is 1. The van der Waals surface area contributed by atoms with Gasteiger partial charge in [-0.15, -0.1) is 24.8 Å². The van der Waals surface area contributed by atoms with Gasteiger partial charge in [0.1, 0.15) is 5.82 Å². The smallest absolute Gasteiger partial charge is 0.244 e. The number of rotatable bonds is 3. The number of hydrogen-bond acceptors (Lipinski definition) is 3. The van der Waals surface area contributed by atoms with Gasteiger partial charge in [0.25, 0.3) is 0 Å². The average Bonchev–Trinajstić information content (AvgIpc) is 2.49. The van der Waals surface area contributed by atoms with Crippen molar-refractivity contribution < 1.29 is 9.18 Å². The molecule has 0 bridgehead atoms. The Labute approximate surface area is 146 Å². The summed E-state index contributed by atoms with van der Waals surface area (Å²) in [6, 6.07) is 9.47. The molecule has 23 heavy (non-hydrogen) atoms. The lowest BCUT2D eigenvalue weighted by Gasteiger charge is -2.31. The molecule has 2 N–H and O–H groups in total. The van der Waals surface area contributed by atoms with Gasteiger partial charge in [-0.25, -0.2) is 4.39 Å². The molecule has 0 saturated heterocycles. The molecule has 2 heterocycles. The highest BCUT2D eigenvalue weighted by Gasteiger charge is 2.30. The molecule has 3 rings (SSSR count). The van der Waals surface area contributed by atoms with Crippen LogP contribution in [0.2, 0.25) is 0 Å². The molecule has 7 heteroatoms. The average molecular weight is 358 g/mol. The molecule has 1 unspecified atom stereocenters. The summed E-state index contributed by atoms with van der Waals surface area (Å²) in [5.74, 6) is -0.345. The van der Waals surface area contributed by atoms with Gasteiger partial charge in [0, 0.05) is 19.2 Å². The summed E-state index contributed by atoms with van der Waals surface area (Å²) < 4.78 is 12.9. The minimum atomic E-state index is -0.541. The number of carbonyl (C=O) groups is 1. The lowest BCUT2D eigenvalue weighted by molar-refractivity contribution is -0.120. The first kappa shape index (κ1) is 19.4. The van der Waals surface area contributed by atoms with Crippen LogP contribution in [0.1, 0.15) is 11.3 Å². The third-order valence-electron chi connectivity index (χ3n) is 3.69. The van der Waals surface area contributed by atoms with Gasteiger partial charge in [-0.05, 0) is 36.2 Å². The number of nitrogens with two attached hydrogens (primary N) is 1. The molecule has 1 aromatic carbocycles. The second-order valence-corrected chi connectivity index (χ2v) is 5.15. The molecule has 124 valence electrons. The number of pyridine rings is 1. The van der Waals surface area contributed by atoms with E-state index in [0.29, 0.717) is 19.4 Å². The van der Waals surface area contributed by atoms with Gasteiger partial charge in [0.15, 0.2) is 0 Å². The third kappa shape index (κ3) is 4.19. The summed E-state index contributed by atoms with van der Waals surface area (Å²) in [4.78, 5) is 18.3. The standard InChI is InChI=1S/C16H16FN3O.2ClH/c17-12-5-3-11(4-6-12)7-9-20-15-2-1-8-19-14(15)10-13(18)16(20)21;;/h1-6,8,13H,7,9-10,18H2;2*1H. The quantitative estimate of drug-likeness (QED) is 0.917. The van der Waals surface area contributed by atoms with E-state index in [1.807, 2.05) is 12.1 Å². The van der Waals surface area contributed by atoms with Crippen molar-refractivity contribution in [1.82, 2.24) is 4.98 Å². The van der Waals surface area contributed by atoms with Crippen molar-refractivity contribution in [3.8, 4) is 0 Å². The SMILES string of the molecule is Cl.Cl.NC1Cc2ncccc2N(CCc2ccc(F)cc2)C1=O. The van der Waals surface area contributed by atoms with Crippen LogP contribution in [0.5, 0.6) is 0 Å². The lowest BCUT2D eigenvalue weighted by atomic mass is 10.0. The van der Waals surface area contributed by atoms with Gasteiger partial charge in [-0.3, -0.25) is 9.78 Å². The lowest BCUT2D eigenvalue weighted by Crippen LogP contribution is -2.49. The normalized spacial score (nSPS) is 16.2. The number of amides is 1. The molecule has 0 aliphatic carbocycles. The van der Waals surface area contributed by atoms with Crippen LogP contribution in [0, 0.1) is 5.82 Å². The van der Waals surface area contributed by atoms with E-state index in [1.165, 1.54) is 12.1 Å². The van der Waals surface area contributed by atoms with E-state index >= 15 is 0 Å². The molecule has 0 spiro atoms. The number of anilines is 1. The Morgan fingerprint density at radius 2 is 1.91 bits per heavy atom. The van der Waals surface area contributed by atoms with E-state index in [4.69, 9.17) is 5.73 Å². The van der Waals surface area contributed by atoms with Crippen LogP contribution in [0.3, 0.4) is 0 Å². The second-order valence-electron chi connectivity index (χ2n) is 5.15. The molecule has 0 radical (unpaired) electrons. The molecule has 4 nitrogen and oxygen atoms in total. The Balaban J connectivity index is 0.00000132. The monoisotopic (exact) mass is 357 g/mol. The Morgan fingerprint density at radius 3 is 2.61 bits per heavy atom. The van der Waals surface area contributed by atoms with Crippen molar-refractivity contribution in [1.29, 1.82) is 0 Å². The van der Waals surface area contributed by atoms with E-state index in [0.717, 1.165) is 16.9 Å². The van der Waals surface area contributed by atoms with Crippen LogP contribution in [0.15, 0.2) is 42.6 Å². The number of benzene rings is 1. The number of nitrogens with zero attached hydrogens (tertiary/aromatic N) is 2. The van der Waals surface area contributed by atoms with Gasteiger partial charge < -0.3 is 10.6 Å². The first-order valence-electron chi connectivity index (χ1n) is 6.90. The molecule has 1 amide bonds. The van der Waals surface area contributed by atoms with Crippen molar-refractivity contribution in [2.24, 2.45) is 5.73 Å². The van der Waals surface area contributed by atoms with Crippen molar-refractivity contribution >= 4 is 36.4 Å². The van der Waals surface area contributed by atoms with Gasteiger partial charge in [0.05, 0.1) is 17.4 Å². The summed E-state index contributed by atoms with van der Waals surface area (Å²) in [6.45, 7) is 0.511. The zero-order valence-corrected chi connectivity index (χ0v) is 13.9. The molecule has 0 fully saturated rings. The van der Waals surface area contributed by atoms with Crippen molar-refractivity contribution in [3.63, 3.8) is 0 Å². The van der Waals surface area contributed by atoms with E-state index in [2.05, 4.69) is 4.98 Å². The fraction of sp³-hybridized carbons (Fsp3) is 0.250. The fourth-order valence-electron chi connectivity index (χ4n) is 2.57. The third-order valence-corrected chi connectivity index (χ3v) is 3.69. The molecule has 0 saturated carbocycles. The summed E-state index contributed by atoms with van der Waals surface area (Å²) in [5.41, 5.74) is 8.55. The molecule has 1 aromatic heterocycles. The van der Waals surface area contributed by atoms with Gasteiger partial charge >= 0.3 is 0 Å². The largest absolute Gasteiger partial charge is 0.320 e. The Bertz CT molecular complexity index is 667.